The molecule has 4 aromatic heterocycles. The molecule has 2 atom stereocenters. The highest BCUT2D eigenvalue weighted by molar-refractivity contribution is 7.17. The molecule has 3 aliphatic rings. The molecule has 1 aromatic carbocycles. The molecule has 2 saturated carbocycles. The number of fused-ring (bicyclic) bond motifs is 3. The first-order valence-electron chi connectivity index (χ1n) is 15.7. The fourth-order valence-corrected chi connectivity index (χ4v) is 7.03. The van der Waals surface area contributed by atoms with Gasteiger partial charge in [0.1, 0.15) is 35.4 Å². The number of carbonyl (C=O) groups is 2. The van der Waals surface area contributed by atoms with Gasteiger partial charge in [-0.15, -0.1) is 11.3 Å². The van der Waals surface area contributed by atoms with Crippen LogP contribution in [0.2, 0.25) is 0 Å². The Morgan fingerprint density at radius 3 is 2.65 bits per heavy atom. The number of thiophene rings is 1. The van der Waals surface area contributed by atoms with Gasteiger partial charge in [-0.3, -0.25) is 9.59 Å². The Hall–Kier alpha value is -4.76. The van der Waals surface area contributed by atoms with E-state index < -0.39 is 47.1 Å². The van der Waals surface area contributed by atoms with E-state index in [2.05, 4.69) is 15.4 Å². The van der Waals surface area contributed by atoms with Crippen LogP contribution in [0.5, 0.6) is 11.6 Å². The fraction of sp³-hybridized carbons (Fsp3) is 0.353. The number of alkyl halides is 3. The zero-order valence-electron chi connectivity index (χ0n) is 25.9. The van der Waals surface area contributed by atoms with Crippen molar-refractivity contribution in [3.63, 3.8) is 0 Å². The highest BCUT2D eigenvalue weighted by atomic mass is 32.1. The van der Waals surface area contributed by atoms with Crippen molar-refractivity contribution >= 4 is 38.8 Å². The predicted octanol–water partition coefficient (Wildman–Crippen LogP) is 5.48. The molecule has 10 nitrogen and oxygen atoms in total. The van der Waals surface area contributed by atoms with E-state index in [0.717, 1.165) is 48.8 Å². The number of benzene rings is 1. The summed E-state index contributed by atoms with van der Waals surface area (Å²) in [5.74, 6) is -1.72. The van der Waals surface area contributed by atoms with Gasteiger partial charge in [0.2, 0.25) is 17.4 Å². The third-order valence-electron chi connectivity index (χ3n) is 9.44. The van der Waals surface area contributed by atoms with Gasteiger partial charge in [0.15, 0.2) is 0 Å². The highest BCUT2D eigenvalue weighted by Crippen LogP contribution is 2.49. The van der Waals surface area contributed by atoms with Crippen LogP contribution < -0.4 is 20.5 Å². The zero-order valence-corrected chi connectivity index (χ0v) is 26.8. The van der Waals surface area contributed by atoms with E-state index in [-0.39, 0.29) is 45.5 Å². The van der Waals surface area contributed by atoms with E-state index in [1.165, 1.54) is 36.6 Å². The first kappa shape index (κ1) is 31.5. The number of amides is 2. The minimum Gasteiger partial charge on any atom is -0.489 e. The molecular formula is C34H29F4N5O5S. The monoisotopic (exact) mass is 695 g/mol. The smallest absolute Gasteiger partial charge is 0.424 e. The maximum atomic E-state index is 15.0. The van der Waals surface area contributed by atoms with Gasteiger partial charge in [0.25, 0.3) is 5.91 Å². The number of aliphatic hydroxyl groups is 1. The number of aromatic nitrogens is 3. The Labute approximate surface area is 279 Å². The van der Waals surface area contributed by atoms with Gasteiger partial charge in [0, 0.05) is 39.4 Å². The molecule has 4 N–H and O–H groups in total. The standard InChI is InChI=1S/C34H29F4N5O5S/c1-32(31(39)45)15-47-28-22(32)12-25(41-27(28)21-13-49-29-20(21)3-2-4-23(29)35)33(46,34(36,37)38)14-40-30(44)17-9-18-11-24(16-5-6-16)42-43(18)26(10-17)48-19-7-8-19/h2-4,9-13,16,19,46H,5-8,14-15H2,1H3,(H2,39,45)(H,40,44)/t32-,33-/m0/s1. The van der Waals surface area contributed by atoms with Crippen molar-refractivity contribution in [1.82, 2.24) is 19.9 Å². The molecule has 0 unspecified atom stereocenters. The number of pyridine rings is 2. The Kier molecular flexibility index (Phi) is 6.99. The van der Waals surface area contributed by atoms with Crippen molar-refractivity contribution in [2.24, 2.45) is 5.73 Å². The van der Waals surface area contributed by atoms with Crippen LogP contribution in [0.15, 0.2) is 47.8 Å². The van der Waals surface area contributed by atoms with Gasteiger partial charge in [-0.25, -0.2) is 13.9 Å². The maximum absolute atomic E-state index is 15.0. The Morgan fingerprint density at radius 1 is 1.18 bits per heavy atom. The summed E-state index contributed by atoms with van der Waals surface area (Å²) < 4.78 is 73.2. The summed E-state index contributed by atoms with van der Waals surface area (Å²) in [7, 11) is 0. The van der Waals surface area contributed by atoms with Gasteiger partial charge in [0.05, 0.1) is 28.1 Å². The number of hydrogen-bond donors (Lipinski definition) is 3. The molecule has 0 bridgehead atoms. The minimum absolute atomic E-state index is 0.00885. The van der Waals surface area contributed by atoms with Crippen LogP contribution in [0.1, 0.15) is 65.8 Å². The largest absolute Gasteiger partial charge is 0.489 e. The molecule has 0 spiro atoms. The normalized spacial score (nSPS) is 20.2. The van der Waals surface area contributed by atoms with Crippen molar-refractivity contribution in [1.29, 1.82) is 0 Å². The van der Waals surface area contributed by atoms with E-state index in [9.17, 15) is 32.3 Å². The number of rotatable bonds is 9. The summed E-state index contributed by atoms with van der Waals surface area (Å²) in [5.41, 5.74) is 0.962. The molecule has 15 heteroatoms. The molecular weight excluding hydrogens is 666 g/mol. The van der Waals surface area contributed by atoms with Crippen LogP contribution in [0.4, 0.5) is 17.6 Å². The number of carbonyl (C=O) groups excluding carboxylic acids is 2. The highest BCUT2D eigenvalue weighted by Gasteiger charge is 2.58. The molecule has 0 saturated heterocycles. The molecule has 2 aliphatic carbocycles. The lowest BCUT2D eigenvalue weighted by molar-refractivity contribution is -0.265. The van der Waals surface area contributed by atoms with Crippen molar-refractivity contribution < 1.29 is 41.7 Å². The van der Waals surface area contributed by atoms with Gasteiger partial charge in [-0.2, -0.15) is 18.3 Å². The average molecular weight is 696 g/mol. The Balaban J connectivity index is 1.20. The summed E-state index contributed by atoms with van der Waals surface area (Å²) in [6.07, 6.45) is -1.75. The number of nitrogens with two attached hydrogens (primary N) is 1. The maximum Gasteiger partial charge on any atom is 0.424 e. The van der Waals surface area contributed by atoms with E-state index in [0.29, 0.717) is 22.7 Å². The van der Waals surface area contributed by atoms with E-state index in [1.807, 2.05) is 6.07 Å². The molecule has 2 fully saturated rings. The quantitative estimate of drug-likeness (QED) is 0.174. The van der Waals surface area contributed by atoms with Gasteiger partial charge in [-0.05, 0) is 56.9 Å². The second kappa shape index (κ2) is 10.9. The summed E-state index contributed by atoms with van der Waals surface area (Å²) in [5, 5.41) is 20.2. The van der Waals surface area contributed by atoms with Crippen molar-refractivity contribution in [2.75, 3.05) is 13.2 Å². The predicted molar refractivity (Wildman–Crippen MR) is 170 cm³/mol. The Bertz CT molecular complexity index is 2190. The zero-order chi connectivity index (χ0) is 34.5. The second-order valence-electron chi connectivity index (χ2n) is 13.1. The molecule has 0 radical (unpaired) electrons. The van der Waals surface area contributed by atoms with Crippen LogP contribution >= 0.6 is 11.3 Å². The van der Waals surface area contributed by atoms with Crippen LogP contribution in [0, 0.1) is 5.82 Å². The lowest BCUT2D eigenvalue weighted by Gasteiger charge is -2.31. The SMILES string of the molecule is C[C@]1(C(N)=O)COc2c1cc([C@@](O)(CNC(=O)c1cc(OC3CC3)n3nc(C4CC4)cc3c1)C(F)(F)F)nc2-c1csc2c(F)cccc12. The molecule has 5 heterocycles. The number of halogens is 4. The summed E-state index contributed by atoms with van der Waals surface area (Å²) in [6.45, 7) is -0.209. The lowest BCUT2D eigenvalue weighted by atomic mass is 9.81. The van der Waals surface area contributed by atoms with E-state index in [4.69, 9.17) is 15.2 Å². The number of primary amides is 1. The molecule has 1 aliphatic heterocycles. The topological polar surface area (TPSA) is 141 Å². The third-order valence-corrected chi connectivity index (χ3v) is 10.4. The van der Waals surface area contributed by atoms with Crippen LogP contribution in [-0.2, 0) is 15.8 Å². The number of nitrogens with one attached hydrogen (secondary N) is 1. The summed E-state index contributed by atoms with van der Waals surface area (Å²) in [4.78, 5) is 30.4. The van der Waals surface area contributed by atoms with Crippen LogP contribution in [-0.4, -0.2) is 57.0 Å². The number of hydrogen-bond acceptors (Lipinski definition) is 8. The van der Waals surface area contributed by atoms with Gasteiger partial charge < -0.3 is 25.6 Å². The molecule has 2 amide bonds. The molecule has 5 aromatic rings. The van der Waals surface area contributed by atoms with Crippen LogP contribution in [0.3, 0.4) is 0 Å². The third kappa shape index (κ3) is 5.17. The first-order chi connectivity index (χ1) is 23.3. The van der Waals surface area contributed by atoms with Crippen LogP contribution in [0.25, 0.3) is 26.9 Å². The number of nitrogens with zero attached hydrogens (tertiary/aromatic N) is 3. The first-order valence-corrected chi connectivity index (χ1v) is 16.6. The number of ether oxygens (including phenoxy) is 2. The minimum atomic E-state index is -5.36. The van der Waals surface area contributed by atoms with Crippen molar-refractivity contribution in [2.45, 2.75) is 61.8 Å². The Morgan fingerprint density at radius 2 is 1.96 bits per heavy atom. The molecule has 254 valence electrons. The van der Waals surface area contributed by atoms with Crippen molar-refractivity contribution in [3.05, 3.63) is 76.2 Å². The van der Waals surface area contributed by atoms with Crippen molar-refractivity contribution in [3.8, 4) is 22.9 Å². The molecule has 49 heavy (non-hydrogen) atoms. The van der Waals surface area contributed by atoms with Gasteiger partial charge in [-0.1, -0.05) is 12.1 Å². The summed E-state index contributed by atoms with van der Waals surface area (Å²) >= 11 is 1.01. The summed E-state index contributed by atoms with van der Waals surface area (Å²) in [6, 6.07) is 9.96. The lowest BCUT2D eigenvalue weighted by Crippen LogP contribution is -2.51. The second-order valence-corrected chi connectivity index (χ2v) is 14.0. The van der Waals surface area contributed by atoms with Gasteiger partial charge >= 0.3 is 6.18 Å². The van der Waals surface area contributed by atoms with E-state index in [1.54, 1.807) is 10.6 Å². The average Bonchev–Trinajstić information content (AvgIpc) is 3.96. The van der Waals surface area contributed by atoms with E-state index >= 15 is 0 Å². The molecule has 8 rings (SSSR count). The fourth-order valence-electron chi connectivity index (χ4n) is 6.07.